The Morgan fingerprint density at radius 3 is 2.55 bits per heavy atom. The Morgan fingerprint density at radius 1 is 1.13 bits per heavy atom. The van der Waals surface area contributed by atoms with Gasteiger partial charge in [-0.15, -0.1) is 0 Å². The van der Waals surface area contributed by atoms with Crippen LogP contribution in [-0.4, -0.2) is 34.8 Å². The van der Waals surface area contributed by atoms with E-state index in [-0.39, 0.29) is 40.7 Å². The Bertz CT molecular complexity index is 1610. The van der Waals surface area contributed by atoms with E-state index >= 15 is 0 Å². The van der Waals surface area contributed by atoms with Crippen molar-refractivity contribution in [1.82, 2.24) is 5.32 Å². The van der Waals surface area contributed by atoms with Crippen LogP contribution < -0.4 is 14.8 Å². The van der Waals surface area contributed by atoms with Gasteiger partial charge in [-0.1, -0.05) is 43.3 Å². The Hall–Kier alpha value is -4.59. The molecule has 194 valence electrons. The highest BCUT2D eigenvalue weighted by atomic mass is 16.5. The highest BCUT2D eigenvalue weighted by Crippen LogP contribution is 2.56. The van der Waals surface area contributed by atoms with Gasteiger partial charge in [-0.2, -0.15) is 0 Å². The molecule has 3 N–H and O–H groups in total. The molecule has 8 heteroatoms. The van der Waals surface area contributed by atoms with Crippen LogP contribution in [0.4, 0.5) is 0 Å². The molecule has 0 bridgehead atoms. The molecule has 8 nitrogen and oxygen atoms in total. The van der Waals surface area contributed by atoms with Crippen molar-refractivity contribution >= 4 is 28.2 Å². The monoisotopic (exact) mass is 513 g/mol. The number of aliphatic hydroxyl groups is 1. The van der Waals surface area contributed by atoms with Crippen molar-refractivity contribution < 1.29 is 34.1 Å². The van der Waals surface area contributed by atoms with E-state index in [0.717, 1.165) is 28.3 Å². The van der Waals surface area contributed by atoms with Crippen molar-refractivity contribution in [2.75, 3.05) is 7.11 Å². The van der Waals surface area contributed by atoms with Crippen molar-refractivity contribution in [3.8, 4) is 17.2 Å². The SMILES string of the molecule is CCc1ccc2ccccc2c1CNC(=O)c1c(OC)cc(O)c2c1OC1=CC(O)=C(C(C)=O)C(=O)[C@]12C. The summed E-state index contributed by atoms with van der Waals surface area (Å²) < 4.78 is 11.4. The van der Waals surface area contributed by atoms with Crippen LogP contribution in [0.15, 0.2) is 65.6 Å². The average molecular weight is 514 g/mol. The van der Waals surface area contributed by atoms with Gasteiger partial charge in [0.15, 0.2) is 17.3 Å². The fourth-order valence-corrected chi connectivity index (χ4v) is 5.40. The Balaban J connectivity index is 1.59. The molecule has 3 aromatic carbocycles. The number of amides is 1. The van der Waals surface area contributed by atoms with Gasteiger partial charge in [0.05, 0.1) is 12.7 Å². The lowest BCUT2D eigenvalue weighted by Gasteiger charge is -2.27. The number of Topliss-reactive ketones (excluding diaryl/α,β-unsaturated/α-hetero) is 2. The first-order valence-electron chi connectivity index (χ1n) is 12.2. The van der Waals surface area contributed by atoms with Crippen LogP contribution >= 0.6 is 0 Å². The number of hydrogen-bond donors (Lipinski definition) is 3. The molecule has 0 saturated heterocycles. The van der Waals surface area contributed by atoms with Crippen molar-refractivity contribution in [3.05, 3.63) is 87.9 Å². The van der Waals surface area contributed by atoms with E-state index in [0.29, 0.717) is 0 Å². The zero-order valence-electron chi connectivity index (χ0n) is 21.5. The van der Waals surface area contributed by atoms with Crippen molar-refractivity contribution in [3.63, 3.8) is 0 Å². The second-order valence-electron chi connectivity index (χ2n) is 9.52. The minimum atomic E-state index is -1.61. The summed E-state index contributed by atoms with van der Waals surface area (Å²) in [6.07, 6.45) is 1.95. The molecule has 1 amide bonds. The van der Waals surface area contributed by atoms with Gasteiger partial charge < -0.3 is 25.0 Å². The fraction of sp³-hybridized carbons (Fsp3) is 0.233. The Morgan fingerprint density at radius 2 is 1.87 bits per heavy atom. The first kappa shape index (κ1) is 25.1. The summed E-state index contributed by atoms with van der Waals surface area (Å²) in [4.78, 5) is 39.2. The zero-order valence-corrected chi connectivity index (χ0v) is 21.5. The molecule has 3 aromatic rings. The topological polar surface area (TPSA) is 122 Å². The first-order chi connectivity index (χ1) is 18.1. The number of nitrogens with one attached hydrogen (secondary N) is 1. The van der Waals surface area contributed by atoms with E-state index in [2.05, 4.69) is 11.4 Å². The van der Waals surface area contributed by atoms with Gasteiger partial charge in [0.1, 0.15) is 39.6 Å². The number of fused-ring (bicyclic) bond motifs is 4. The highest BCUT2D eigenvalue weighted by Gasteiger charge is 2.55. The van der Waals surface area contributed by atoms with Crippen molar-refractivity contribution in [1.29, 1.82) is 0 Å². The molecule has 1 heterocycles. The van der Waals surface area contributed by atoms with E-state index < -0.39 is 34.2 Å². The van der Waals surface area contributed by atoms with Crippen molar-refractivity contribution in [2.24, 2.45) is 0 Å². The molecule has 2 aliphatic rings. The minimum Gasteiger partial charge on any atom is -0.507 e. The van der Waals surface area contributed by atoms with Gasteiger partial charge >= 0.3 is 0 Å². The van der Waals surface area contributed by atoms with Gasteiger partial charge in [-0.25, -0.2) is 0 Å². The molecule has 0 unspecified atom stereocenters. The second kappa shape index (κ2) is 9.06. The van der Waals surface area contributed by atoms with Crippen LogP contribution in [-0.2, 0) is 28.0 Å². The molecule has 0 fully saturated rings. The number of hydrogen-bond acceptors (Lipinski definition) is 7. The number of carbonyl (C=O) groups excluding carboxylic acids is 3. The number of allylic oxidation sites excluding steroid dienone is 3. The predicted octanol–water partition coefficient (Wildman–Crippen LogP) is 4.56. The lowest BCUT2D eigenvalue weighted by molar-refractivity contribution is -0.123. The van der Waals surface area contributed by atoms with Crippen LogP contribution in [0.25, 0.3) is 10.8 Å². The van der Waals surface area contributed by atoms with Gasteiger partial charge in [-0.3, -0.25) is 14.4 Å². The highest BCUT2D eigenvalue weighted by molar-refractivity contribution is 6.25. The molecule has 1 aliphatic carbocycles. The number of phenolic OH excluding ortho intramolecular Hbond substituents is 1. The third kappa shape index (κ3) is 3.55. The van der Waals surface area contributed by atoms with Crippen LogP contribution in [0.3, 0.4) is 0 Å². The average Bonchev–Trinajstić information content (AvgIpc) is 3.20. The van der Waals surface area contributed by atoms with Gasteiger partial charge in [0, 0.05) is 18.7 Å². The van der Waals surface area contributed by atoms with Gasteiger partial charge in [0.25, 0.3) is 5.91 Å². The van der Waals surface area contributed by atoms with E-state index in [9.17, 15) is 24.6 Å². The summed E-state index contributed by atoms with van der Waals surface area (Å²) >= 11 is 0. The number of rotatable bonds is 6. The molecule has 5 rings (SSSR count). The quantitative estimate of drug-likeness (QED) is 0.413. The third-order valence-corrected chi connectivity index (χ3v) is 7.38. The lowest BCUT2D eigenvalue weighted by atomic mass is 9.71. The number of methoxy groups -OCH3 is 1. The van der Waals surface area contributed by atoms with Gasteiger partial charge in [-0.05, 0) is 42.2 Å². The molecular formula is C30H27NO7. The normalized spacial score (nSPS) is 18.0. The summed E-state index contributed by atoms with van der Waals surface area (Å²) in [6, 6.07) is 13.3. The summed E-state index contributed by atoms with van der Waals surface area (Å²) in [6.45, 7) is 4.93. The van der Waals surface area contributed by atoms with Crippen molar-refractivity contribution in [2.45, 2.75) is 39.2 Å². The number of aryl methyl sites for hydroxylation is 1. The summed E-state index contributed by atoms with van der Waals surface area (Å²) in [5.41, 5.74) is 0.0942. The molecule has 0 radical (unpaired) electrons. The number of ketones is 2. The number of benzene rings is 3. The summed E-state index contributed by atoms with van der Waals surface area (Å²) in [5.74, 6) is -2.76. The molecule has 1 atom stereocenters. The fourth-order valence-electron chi connectivity index (χ4n) is 5.40. The predicted molar refractivity (Wildman–Crippen MR) is 141 cm³/mol. The largest absolute Gasteiger partial charge is 0.507 e. The first-order valence-corrected chi connectivity index (χ1v) is 12.2. The summed E-state index contributed by atoms with van der Waals surface area (Å²) in [7, 11) is 1.35. The number of aromatic hydroxyl groups is 1. The Kier molecular flexibility index (Phi) is 5.98. The molecule has 38 heavy (non-hydrogen) atoms. The molecular weight excluding hydrogens is 486 g/mol. The zero-order chi connectivity index (χ0) is 27.4. The van der Waals surface area contributed by atoms with Crippen LogP contribution in [0.1, 0.15) is 47.8 Å². The maximum Gasteiger partial charge on any atom is 0.259 e. The maximum atomic E-state index is 13.7. The van der Waals surface area contributed by atoms with Crippen LogP contribution in [0.2, 0.25) is 0 Å². The molecule has 1 aliphatic heterocycles. The second-order valence-corrected chi connectivity index (χ2v) is 9.52. The number of ether oxygens (including phenoxy) is 2. The van der Waals surface area contributed by atoms with E-state index in [1.807, 2.05) is 37.3 Å². The summed E-state index contributed by atoms with van der Waals surface area (Å²) in [5, 5.41) is 26.3. The van der Waals surface area contributed by atoms with Crippen LogP contribution in [0.5, 0.6) is 17.2 Å². The van der Waals surface area contributed by atoms with E-state index in [1.165, 1.54) is 33.1 Å². The maximum absolute atomic E-state index is 13.7. The van der Waals surface area contributed by atoms with E-state index in [4.69, 9.17) is 9.47 Å². The smallest absolute Gasteiger partial charge is 0.259 e. The van der Waals surface area contributed by atoms with Crippen LogP contribution in [0, 0.1) is 0 Å². The molecule has 0 aromatic heterocycles. The molecule has 0 saturated carbocycles. The van der Waals surface area contributed by atoms with Gasteiger partial charge in [0.2, 0.25) is 0 Å². The number of phenols is 1. The Labute approximate surface area is 219 Å². The lowest BCUT2D eigenvalue weighted by Crippen LogP contribution is -2.38. The number of aliphatic hydroxyl groups excluding tert-OH is 1. The molecule has 0 spiro atoms. The van der Waals surface area contributed by atoms with E-state index in [1.54, 1.807) is 0 Å². The third-order valence-electron chi connectivity index (χ3n) is 7.38. The standard InChI is InChI=1S/C30H27NO7/c1-5-16-10-11-17-8-6-7-9-18(17)19(16)14-31-29(36)25-22(37-4)12-21(34)26-27(25)38-23-13-20(33)24(15(2)32)28(35)30(23,26)3/h6-13,33-34H,5,14H2,1-4H3,(H,31,36)/t30-/m1/s1. The minimum absolute atomic E-state index is 0.0000688. The number of carbonyl (C=O) groups is 3.